The number of carbonyl (C=O) groups excluding carboxylic acids is 1. The lowest BCUT2D eigenvalue weighted by Gasteiger charge is -2.07. The van der Waals surface area contributed by atoms with E-state index >= 15 is 0 Å². The van der Waals surface area contributed by atoms with E-state index in [-0.39, 0.29) is 5.56 Å². The molecule has 0 saturated carbocycles. The summed E-state index contributed by atoms with van der Waals surface area (Å²) in [5.74, 6) is -1.24. The molecule has 0 bridgehead atoms. The molecular weight excluding hydrogens is 237 g/mol. The van der Waals surface area contributed by atoms with E-state index in [0.29, 0.717) is 0 Å². The minimum absolute atomic E-state index is 0.100. The van der Waals surface area contributed by atoms with E-state index in [2.05, 4.69) is 4.74 Å². The third kappa shape index (κ3) is 3.51. The van der Waals surface area contributed by atoms with Gasteiger partial charge < -0.3 is 9.84 Å². The lowest BCUT2D eigenvalue weighted by molar-refractivity contribution is -0.137. The van der Waals surface area contributed by atoms with Crippen LogP contribution in [0.2, 0.25) is 0 Å². The van der Waals surface area contributed by atoms with Crippen molar-refractivity contribution in [1.82, 2.24) is 0 Å². The predicted molar refractivity (Wildman–Crippen MR) is 54.1 cm³/mol. The van der Waals surface area contributed by atoms with Crippen molar-refractivity contribution in [2.24, 2.45) is 0 Å². The van der Waals surface area contributed by atoms with Crippen molar-refractivity contribution in [1.29, 1.82) is 0 Å². The topological polar surface area (TPSA) is 46.5 Å². The van der Waals surface area contributed by atoms with Gasteiger partial charge in [0.15, 0.2) is 0 Å². The third-order valence-corrected chi connectivity index (χ3v) is 1.96. The van der Waals surface area contributed by atoms with Gasteiger partial charge in [0.25, 0.3) is 0 Å². The lowest BCUT2D eigenvalue weighted by atomic mass is 10.1. The fourth-order valence-corrected chi connectivity index (χ4v) is 1.08. The van der Waals surface area contributed by atoms with Crippen LogP contribution in [0.3, 0.4) is 0 Å². The maximum absolute atomic E-state index is 12.2. The average molecular weight is 246 g/mol. The third-order valence-electron chi connectivity index (χ3n) is 1.96. The van der Waals surface area contributed by atoms with Gasteiger partial charge >= 0.3 is 12.1 Å². The van der Waals surface area contributed by atoms with E-state index in [0.717, 1.165) is 37.5 Å². The molecule has 0 saturated heterocycles. The Morgan fingerprint density at radius 2 is 1.82 bits per heavy atom. The molecule has 92 valence electrons. The minimum atomic E-state index is -4.43. The van der Waals surface area contributed by atoms with Crippen LogP contribution in [0.1, 0.15) is 11.1 Å². The molecular formula is C11H9F3O3. The lowest BCUT2D eigenvalue weighted by Crippen LogP contribution is -2.04. The Kier molecular flexibility index (Phi) is 3.77. The summed E-state index contributed by atoms with van der Waals surface area (Å²) in [5.41, 5.74) is -0.726. The number of aliphatic hydroxyl groups is 1. The molecule has 0 heterocycles. The summed E-state index contributed by atoms with van der Waals surface area (Å²) in [4.78, 5) is 10.8. The Labute approximate surface area is 95.1 Å². The SMILES string of the molecule is COC(=O)/C=C(\O)c1ccc(C(F)(F)F)cc1. The normalized spacial score (nSPS) is 12.4. The van der Waals surface area contributed by atoms with Crippen LogP contribution in [-0.2, 0) is 15.7 Å². The van der Waals surface area contributed by atoms with Gasteiger partial charge in [-0.3, -0.25) is 0 Å². The molecule has 17 heavy (non-hydrogen) atoms. The zero-order valence-electron chi connectivity index (χ0n) is 8.78. The first-order valence-electron chi connectivity index (χ1n) is 4.51. The van der Waals surface area contributed by atoms with Gasteiger partial charge in [0.05, 0.1) is 18.7 Å². The quantitative estimate of drug-likeness (QED) is 0.496. The fourth-order valence-electron chi connectivity index (χ4n) is 1.08. The average Bonchev–Trinajstić information content (AvgIpc) is 2.27. The molecule has 0 unspecified atom stereocenters. The second kappa shape index (κ2) is 4.90. The molecule has 1 aromatic rings. The van der Waals surface area contributed by atoms with Gasteiger partial charge in [-0.15, -0.1) is 0 Å². The molecule has 0 aromatic heterocycles. The van der Waals surface area contributed by atoms with Crippen molar-refractivity contribution in [3.8, 4) is 0 Å². The van der Waals surface area contributed by atoms with Crippen molar-refractivity contribution in [3.05, 3.63) is 41.5 Å². The molecule has 6 heteroatoms. The molecule has 0 atom stereocenters. The number of halogens is 3. The van der Waals surface area contributed by atoms with Gasteiger partial charge in [-0.2, -0.15) is 13.2 Å². The van der Waals surface area contributed by atoms with Crippen molar-refractivity contribution in [2.45, 2.75) is 6.18 Å². The van der Waals surface area contributed by atoms with Gasteiger partial charge in [-0.1, -0.05) is 12.1 Å². The molecule has 0 aliphatic carbocycles. The highest BCUT2D eigenvalue weighted by Crippen LogP contribution is 2.29. The van der Waals surface area contributed by atoms with Crippen molar-refractivity contribution in [2.75, 3.05) is 7.11 Å². The Balaban J connectivity index is 2.96. The van der Waals surface area contributed by atoms with Crippen LogP contribution in [0.4, 0.5) is 13.2 Å². The van der Waals surface area contributed by atoms with Gasteiger partial charge in [0, 0.05) is 5.56 Å². The van der Waals surface area contributed by atoms with E-state index < -0.39 is 23.5 Å². The standard InChI is InChI=1S/C11H9F3O3/c1-17-10(16)6-9(15)7-2-4-8(5-3-7)11(12,13)14/h2-6,15H,1H3/b9-6-. The second-order valence-electron chi connectivity index (χ2n) is 3.13. The van der Waals surface area contributed by atoms with Crippen molar-refractivity contribution in [3.63, 3.8) is 0 Å². The highest BCUT2D eigenvalue weighted by molar-refractivity contribution is 5.89. The summed E-state index contributed by atoms with van der Waals surface area (Å²) < 4.78 is 41.0. The predicted octanol–water partition coefficient (Wildman–Crippen LogP) is 2.78. The Morgan fingerprint density at radius 1 is 1.29 bits per heavy atom. The summed E-state index contributed by atoms with van der Waals surface area (Å²) in [6, 6.07) is 3.77. The number of ether oxygens (including phenoxy) is 1. The first kappa shape index (κ1) is 13.1. The number of rotatable bonds is 2. The molecule has 0 radical (unpaired) electrons. The maximum atomic E-state index is 12.2. The van der Waals surface area contributed by atoms with Crippen LogP contribution >= 0.6 is 0 Å². The van der Waals surface area contributed by atoms with Crippen LogP contribution in [0.15, 0.2) is 30.3 Å². The van der Waals surface area contributed by atoms with E-state index in [1.54, 1.807) is 0 Å². The highest BCUT2D eigenvalue weighted by atomic mass is 19.4. The molecule has 0 amide bonds. The number of aliphatic hydroxyl groups excluding tert-OH is 1. The smallest absolute Gasteiger partial charge is 0.416 e. The van der Waals surface area contributed by atoms with Crippen LogP contribution in [0.5, 0.6) is 0 Å². The van der Waals surface area contributed by atoms with Crippen LogP contribution < -0.4 is 0 Å². The van der Waals surface area contributed by atoms with Gasteiger partial charge in [-0.05, 0) is 12.1 Å². The van der Waals surface area contributed by atoms with Crippen LogP contribution in [-0.4, -0.2) is 18.2 Å². The van der Waals surface area contributed by atoms with Crippen LogP contribution in [0.25, 0.3) is 5.76 Å². The summed E-state index contributed by atoms with van der Waals surface area (Å²) in [6.45, 7) is 0. The molecule has 3 nitrogen and oxygen atoms in total. The van der Waals surface area contributed by atoms with E-state index in [4.69, 9.17) is 0 Å². The van der Waals surface area contributed by atoms with E-state index in [9.17, 15) is 23.1 Å². The number of hydrogen-bond acceptors (Lipinski definition) is 3. The molecule has 1 N–H and O–H groups in total. The first-order valence-corrected chi connectivity index (χ1v) is 4.51. The first-order chi connectivity index (χ1) is 7.84. The van der Waals surface area contributed by atoms with Gasteiger partial charge in [-0.25, -0.2) is 4.79 Å². The largest absolute Gasteiger partial charge is 0.507 e. The fraction of sp³-hybridized carbons (Fsp3) is 0.182. The van der Waals surface area contributed by atoms with E-state index in [1.807, 2.05) is 0 Å². The van der Waals surface area contributed by atoms with E-state index in [1.165, 1.54) is 0 Å². The minimum Gasteiger partial charge on any atom is -0.507 e. The molecule has 0 spiro atoms. The maximum Gasteiger partial charge on any atom is 0.416 e. The second-order valence-corrected chi connectivity index (χ2v) is 3.13. The number of methoxy groups -OCH3 is 1. The summed E-state index contributed by atoms with van der Waals surface area (Å²) >= 11 is 0. The Bertz CT molecular complexity index is 432. The Hall–Kier alpha value is -1.98. The molecule has 0 aliphatic heterocycles. The summed E-state index contributed by atoms with van der Waals surface area (Å²) in [6.07, 6.45) is -3.65. The Morgan fingerprint density at radius 3 is 2.24 bits per heavy atom. The summed E-state index contributed by atoms with van der Waals surface area (Å²) in [7, 11) is 1.12. The monoisotopic (exact) mass is 246 g/mol. The zero-order valence-corrected chi connectivity index (χ0v) is 8.78. The zero-order chi connectivity index (χ0) is 13.1. The number of esters is 1. The molecule has 1 aromatic carbocycles. The molecule has 0 fully saturated rings. The van der Waals surface area contributed by atoms with Gasteiger partial charge in [0.1, 0.15) is 5.76 Å². The molecule has 0 aliphatic rings. The van der Waals surface area contributed by atoms with Crippen molar-refractivity contribution < 1.29 is 27.8 Å². The summed E-state index contributed by atoms with van der Waals surface area (Å²) in [5, 5.41) is 9.39. The van der Waals surface area contributed by atoms with Crippen LogP contribution in [0, 0.1) is 0 Å². The highest BCUT2D eigenvalue weighted by Gasteiger charge is 2.30. The number of carbonyl (C=O) groups is 1. The molecule has 1 rings (SSSR count). The van der Waals surface area contributed by atoms with Gasteiger partial charge in [0.2, 0.25) is 0 Å². The number of benzene rings is 1. The number of alkyl halides is 3. The van der Waals surface area contributed by atoms with Crippen molar-refractivity contribution >= 4 is 11.7 Å². The number of hydrogen-bond donors (Lipinski definition) is 1.